The minimum Gasteiger partial charge on any atom is -0.465 e. The highest BCUT2D eigenvalue weighted by Gasteiger charge is 2.18. The number of esters is 1. The smallest absolute Gasteiger partial charge is 0.340 e. The van der Waals surface area contributed by atoms with E-state index in [0.717, 1.165) is 11.3 Å². The number of rotatable bonds is 2. The number of ether oxygens (including phenoxy) is 1. The van der Waals surface area contributed by atoms with Crippen molar-refractivity contribution in [2.45, 2.75) is 13.3 Å². The number of aryl methyl sites for hydroxylation is 1. The molecule has 0 aromatic heterocycles. The monoisotopic (exact) mass is 277 g/mol. The van der Waals surface area contributed by atoms with Crippen LogP contribution in [0.4, 0.5) is 11.4 Å². The zero-order valence-corrected chi connectivity index (χ0v) is 11.7. The molecule has 108 valence electrons. The number of nitrogen functional groups attached to an aromatic ring is 1. The summed E-state index contributed by atoms with van der Waals surface area (Å²) in [6, 6.07) is 3.65. The standard InChI is InChI=1S/C14H19N3O3/c1-9-7-10(8-11(13(9)15)14(19)20-2)17-5-3-12(18)16-4-6-17/h7-8H,3-6,15H2,1-2H3,(H,16,18). The molecule has 1 aromatic carbocycles. The van der Waals surface area contributed by atoms with Crippen LogP contribution < -0.4 is 16.0 Å². The van der Waals surface area contributed by atoms with Gasteiger partial charge in [-0.3, -0.25) is 4.79 Å². The minimum atomic E-state index is -0.448. The summed E-state index contributed by atoms with van der Waals surface area (Å²) in [6.45, 7) is 3.77. The molecule has 3 N–H and O–H groups in total. The van der Waals surface area contributed by atoms with Gasteiger partial charge in [-0.1, -0.05) is 0 Å². The van der Waals surface area contributed by atoms with Crippen molar-refractivity contribution in [3.05, 3.63) is 23.3 Å². The van der Waals surface area contributed by atoms with Gasteiger partial charge >= 0.3 is 5.97 Å². The van der Waals surface area contributed by atoms with Crippen molar-refractivity contribution in [2.24, 2.45) is 0 Å². The molecule has 0 atom stereocenters. The van der Waals surface area contributed by atoms with E-state index in [1.54, 1.807) is 6.07 Å². The maximum absolute atomic E-state index is 11.8. The van der Waals surface area contributed by atoms with Gasteiger partial charge in [0.05, 0.1) is 12.7 Å². The molecule has 1 amide bonds. The third kappa shape index (κ3) is 2.84. The third-order valence-corrected chi connectivity index (χ3v) is 3.45. The molecule has 1 aromatic rings. The van der Waals surface area contributed by atoms with Crippen molar-refractivity contribution in [3.63, 3.8) is 0 Å². The first kappa shape index (κ1) is 14.2. The van der Waals surface area contributed by atoms with Crippen LogP contribution in [0.2, 0.25) is 0 Å². The number of amides is 1. The highest BCUT2D eigenvalue weighted by molar-refractivity contribution is 5.97. The summed E-state index contributed by atoms with van der Waals surface area (Å²) in [5.74, 6) is -0.399. The van der Waals surface area contributed by atoms with Crippen molar-refractivity contribution >= 4 is 23.3 Å². The molecule has 6 nitrogen and oxygen atoms in total. The zero-order chi connectivity index (χ0) is 14.7. The van der Waals surface area contributed by atoms with Crippen LogP contribution in [0.25, 0.3) is 0 Å². The van der Waals surface area contributed by atoms with Gasteiger partial charge in [0.2, 0.25) is 5.91 Å². The topological polar surface area (TPSA) is 84.7 Å². The van der Waals surface area contributed by atoms with Crippen molar-refractivity contribution in [1.82, 2.24) is 5.32 Å². The number of carbonyl (C=O) groups excluding carboxylic acids is 2. The Kier molecular flexibility index (Phi) is 4.12. The average Bonchev–Trinajstić information content (AvgIpc) is 2.65. The molecule has 1 fully saturated rings. The molecule has 1 aliphatic rings. The number of benzene rings is 1. The summed E-state index contributed by atoms with van der Waals surface area (Å²) in [5.41, 5.74) is 8.43. The van der Waals surface area contributed by atoms with Crippen LogP contribution in [-0.2, 0) is 9.53 Å². The molecular formula is C14H19N3O3. The van der Waals surface area contributed by atoms with Crippen molar-refractivity contribution in [3.8, 4) is 0 Å². The summed E-state index contributed by atoms with van der Waals surface area (Å²) in [6.07, 6.45) is 0.441. The zero-order valence-electron chi connectivity index (χ0n) is 11.7. The van der Waals surface area contributed by atoms with Gasteiger partial charge < -0.3 is 20.7 Å². The Hall–Kier alpha value is -2.24. The molecule has 20 heavy (non-hydrogen) atoms. The average molecular weight is 277 g/mol. The molecule has 6 heteroatoms. The molecule has 1 aliphatic heterocycles. The fourth-order valence-electron chi connectivity index (χ4n) is 2.27. The normalized spacial score (nSPS) is 15.5. The predicted octanol–water partition coefficient (Wildman–Crippen LogP) is 0.690. The summed E-state index contributed by atoms with van der Waals surface area (Å²) in [7, 11) is 1.33. The summed E-state index contributed by atoms with van der Waals surface area (Å²) < 4.78 is 4.75. The SMILES string of the molecule is COC(=O)c1cc(N2CCNC(=O)CC2)cc(C)c1N. The number of hydrogen-bond donors (Lipinski definition) is 2. The molecule has 1 heterocycles. The Labute approximate surface area is 117 Å². The summed E-state index contributed by atoms with van der Waals surface area (Å²) in [5, 5.41) is 2.82. The minimum absolute atomic E-state index is 0.0489. The van der Waals surface area contributed by atoms with Crippen LogP contribution in [-0.4, -0.2) is 38.6 Å². The molecular weight excluding hydrogens is 258 g/mol. The first-order valence-electron chi connectivity index (χ1n) is 6.53. The van der Waals surface area contributed by atoms with Crippen molar-refractivity contribution in [1.29, 1.82) is 0 Å². The van der Waals surface area contributed by atoms with Crippen LogP contribution >= 0.6 is 0 Å². The molecule has 0 bridgehead atoms. The number of anilines is 2. The largest absolute Gasteiger partial charge is 0.465 e. The second-order valence-electron chi connectivity index (χ2n) is 4.80. The number of nitrogens with zero attached hydrogens (tertiary/aromatic N) is 1. The fraction of sp³-hybridized carbons (Fsp3) is 0.429. The highest BCUT2D eigenvalue weighted by atomic mass is 16.5. The van der Waals surface area contributed by atoms with E-state index >= 15 is 0 Å². The summed E-state index contributed by atoms with van der Waals surface area (Å²) in [4.78, 5) is 25.2. The van der Waals surface area contributed by atoms with Gasteiger partial charge in [0.1, 0.15) is 0 Å². The number of nitrogens with two attached hydrogens (primary N) is 1. The highest BCUT2D eigenvalue weighted by Crippen LogP contribution is 2.26. The lowest BCUT2D eigenvalue weighted by molar-refractivity contribution is -0.120. The Morgan fingerprint density at radius 2 is 2.15 bits per heavy atom. The fourth-order valence-corrected chi connectivity index (χ4v) is 2.27. The number of carbonyl (C=O) groups is 2. The van der Waals surface area contributed by atoms with Crippen LogP contribution in [0.3, 0.4) is 0 Å². The second kappa shape index (κ2) is 5.81. The first-order chi connectivity index (χ1) is 9.52. The summed E-state index contributed by atoms with van der Waals surface area (Å²) >= 11 is 0. The van der Waals surface area contributed by atoms with Gasteiger partial charge in [-0.05, 0) is 24.6 Å². The van der Waals surface area contributed by atoms with Crippen molar-refractivity contribution < 1.29 is 14.3 Å². The Bertz CT molecular complexity index is 543. The van der Waals surface area contributed by atoms with Gasteiger partial charge in [-0.15, -0.1) is 0 Å². The van der Waals surface area contributed by atoms with E-state index in [1.165, 1.54) is 7.11 Å². The van der Waals surface area contributed by atoms with Gasteiger partial charge in [0, 0.05) is 37.4 Å². The molecule has 0 unspecified atom stereocenters. The lowest BCUT2D eigenvalue weighted by atomic mass is 10.1. The molecule has 2 rings (SSSR count). The Balaban J connectivity index is 2.34. The van der Waals surface area contributed by atoms with E-state index in [2.05, 4.69) is 10.2 Å². The van der Waals surface area contributed by atoms with E-state index in [1.807, 2.05) is 13.0 Å². The molecule has 0 radical (unpaired) electrons. The first-order valence-corrected chi connectivity index (χ1v) is 6.53. The van der Waals surface area contributed by atoms with E-state index in [-0.39, 0.29) is 5.91 Å². The predicted molar refractivity (Wildman–Crippen MR) is 76.8 cm³/mol. The van der Waals surface area contributed by atoms with E-state index in [4.69, 9.17) is 10.5 Å². The van der Waals surface area contributed by atoms with Gasteiger partial charge in [-0.2, -0.15) is 0 Å². The molecule has 0 saturated carbocycles. The number of hydrogen-bond acceptors (Lipinski definition) is 5. The number of methoxy groups -OCH3 is 1. The van der Waals surface area contributed by atoms with Crippen LogP contribution in [0.15, 0.2) is 12.1 Å². The molecule has 0 aliphatic carbocycles. The van der Waals surface area contributed by atoms with Crippen molar-refractivity contribution in [2.75, 3.05) is 37.4 Å². The maximum Gasteiger partial charge on any atom is 0.340 e. The van der Waals surface area contributed by atoms with E-state index in [0.29, 0.717) is 37.3 Å². The van der Waals surface area contributed by atoms with Gasteiger partial charge in [0.25, 0.3) is 0 Å². The second-order valence-corrected chi connectivity index (χ2v) is 4.80. The van der Waals surface area contributed by atoms with Crippen LogP contribution in [0.5, 0.6) is 0 Å². The van der Waals surface area contributed by atoms with E-state index < -0.39 is 5.97 Å². The maximum atomic E-state index is 11.8. The van der Waals surface area contributed by atoms with Gasteiger partial charge in [0.15, 0.2) is 0 Å². The van der Waals surface area contributed by atoms with Gasteiger partial charge in [-0.25, -0.2) is 4.79 Å². The third-order valence-electron chi connectivity index (χ3n) is 3.45. The quantitative estimate of drug-likeness (QED) is 0.613. The Morgan fingerprint density at radius 3 is 2.85 bits per heavy atom. The van der Waals surface area contributed by atoms with E-state index in [9.17, 15) is 9.59 Å². The Morgan fingerprint density at radius 1 is 1.40 bits per heavy atom. The molecule has 1 saturated heterocycles. The van der Waals surface area contributed by atoms with Crippen LogP contribution in [0, 0.1) is 6.92 Å². The number of nitrogens with one attached hydrogen (secondary N) is 1. The lowest BCUT2D eigenvalue weighted by Gasteiger charge is -2.23. The van der Waals surface area contributed by atoms with Crippen LogP contribution in [0.1, 0.15) is 22.3 Å². The lowest BCUT2D eigenvalue weighted by Crippen LogP contribution is -2.28. The molecule has 0 spiro atoms.